The SMILES string of the molecule is C=CCCCn1ncc(I)cc1=O. The lowest BCUT2D eigenvalue weighted by Crippen LogP contribution is -2.22. The third-order valence-electron chi connectivity index (χ3n) is 1.61. The molecular formula is C9H11IN2O. The van der Waals surface area contributed by atoms with Gasteiger partial charge in [-0.25, -0.2) is 4.68 Å². The minimum absolute atomic E-state index is 0.0315. The van der Waals surface area contributed by atoms with Crippen LogP contribution in [0.25, 0.3) is 0 Å². The van der Waals surface area contributed by atoms with E-state index in [9.17, 15) is 4.79 Å². The van der Waals surface area contributed by atoms with Gasteiger partial charge < -0.3 is 0 Å². The van der Waals surface area contributed by atoms with Gasteiger partial charge in [0.25, 0.3) is 5.56 Å². The Labute approximate surface area is 90.6 Å². The van der Waals surface area contributed by atoms with E-state index in [1.807, 2.05) is 6.08 Å². The average molecular weight is 290 g/mol. The first-order valence-corrected chi connectivity index (χ1v) is 5.15. The van der Waals surface area contributed by atoms with Gasteiger partial charge in [0.05, 0.1) is 6.20 Å². The second-order valence-corrected chi connectivity index (χ2v) is 3.91. The quantitative estimate of drug-likeness (QED) is 0.481. The molecule has 0 fully saturated rings. The molecule has 0 amide bonds. The first-order valence-electron chi connectivity index (χ1n) is 4.07. The Balaban J connectivity index is 2.67. The molecule has 0 bridgehead atoms. The molecule has 13 heavy (non-hydrogen) atoms. The van der Waals surface area contributed by atoms with Gasteiger partial charge in [0.2, 0.25) is 0 Å². The second-order valence-electron chi connectivity index (χ2n) is 2.67. The van der Waals surface area contributed by atoms with E-state index in [0.29, 0.717) is 6.54 Å². The first-order chi connectivity index (χ1) is 6.24. The van der Waals surface area contributed by atoms with Gasteiger partial charge in [0, 0.05) is 16.2 Å². The molecule has 0 unspecified atom stereocenters. The first kappa shape index (κ1) is 10.4. The topological polar surface area (TPSA) is 34.9 Å². The molecule has 4 heteroatoms. The molecule has 3 nitrogen and oxygen atoms in total. The highest BCUT2D eigenvalue weighted by atomic mass is 127. The van der Waals surface area contributed by atoms with Crippen molar-refractivity contribution >= 4 is 22.6 Å². The number of unbranched alkanes of at least 4 members (excludes halogenated alkanes) is 1. The highest BCUT2D eigenvalue weighted by molar-refractivity contribution is 14.1. The molecular weight excluding hydrogens is 279 g/mol. The van der Waals surface area contributed by atoms with E-state index < -0.39 is 0 Å². The third kappa shape index (κ3) is 3.30. The van der Waals surface area contributed by atoms with Crippen LogP contribution in [0.4, 0.5) is 0 Å². The van der Waals surface area contributed by atoms with Gasteiger partial charge in [0.1, 0.15) is 0 Å². The molecule has 1 aromatic rings. The lowest BCUT2D eigenvalue weighted by Gasteiger charge is -2.01. The predicted octanol–water partition coefficient (Wildman–Crippen LogP) is 1.81. The number of aromatic nitrogens is 2. The van der Waals surface area contributed by atoms with Crippen LogP contribution < -0.4 is 5.56 Å². The maximum absolute atomic E-state index is 11.3. The molecule has 1 aromatic heterocycles. The molecule has 0 spiro atoms. The zero-order valence-corrected chi connectivity index (χ0v) is 9.40. The van der Waals surface area contributed by atoms with Crippen LogP contribution in [0, 0.1) is 3.57 Å². The van der Waals surface area contributed by atoms with E-state index >= 15 is 0 Å². The molecule has 0 saturated carbocycles. The molecule has 0 atom stereocenters. The number of nitrogens with zero attached hydrogens (tertiary/aromatic N) is 2. The molecule has 1 rings (SSSR count). The van der Waals surface area contributed by atoms with Gasteiger partial charge in [0.15, 0.2) is 0 Å². The standard InChI is InChI=1S/C9H11IN2O/c1-2-3-4-5-12-9(13)6-8(10)7-11-12/h2,6-7H,1,3-5H2. The fourth-order valence-electron chi connectivity index (χ4n) is 0.965. The van der Waals surface area contributed by atoms with Gasteiger partial charge in [-0.2, -0.15) is 5.10 Å². The van der Waals surface area contributed by atoms with Crippen LogP contribution in [0.15, 0.2) is 29.7 Å². The summed E-state index contributed by atoms with van der Waals surface area (Å²) in [5.41, 5.74) is -0.0315. The number of hydrogen-bond acceptors (Lipinski definition) is 2. The zero-order chi connectivity index (χ0) is 9.68. The molecule has 0 radical (unpaired) electrons. The van der Waals surface area contributed by atoms with Crippen molar-refractivity contribution in [2.75, 3.05) is 0 Å². The summed E-state index contributed by atoms with van der Waals surface area (Å²) in [5.74, 6) is 0. The fraction of sp³-hybridized carbons (Fsp3) is 0.333. The summed E-state index contributed by atoms with van der Waals surface area (Å²) < 4.78 is 2.36. The van der Waals surface area contributed by atoms with Gasteiger partial charge in [-0.3, -0.25) is 4.79 Å². The third-order valence-corrected chi connectivity index (χ3v) is 2.20. The van der Waals surface area contributed by atoms with Crippen LogP contribution in [0.3, 0.4) is 0 Å². The number of aryl methyl sites for hydroxylation is 1. The molecule has 0 aromatic carbocycles. The molecule has 0 aliphatic carbocycles. The summed E-state index contributed by atoms with van der Waals surface area (Å²) in [4.78, 5) is 11.3. The Morgan fingerprint density at radius 1 is 1.69 bits per heavy atom. The maximum atomic E-state index is 11.3. The Hall–Kier alpha value is -0.650. The number of hydrogen-bond donors (Lipinski definition) is 0. The highest BCUT2D eigenvalue weighted by Crippen LogP contribution is 1.97. The maximum Gasteiger partial charge on any atom is 0.267 e. The normalized spacial score (nSPS) is 9.92. The van der Waals surface area contributed by atoms with Crippen molar-refractivity contribution in [2.45, 2.75) is 19.4 Å². The van der Waals surface area contributed by atoms with Crippen molar-refractivity contribution in [1.82, 2.24) is 9.78 Å². The lowest BCUT2D eigenvalue weighted by atomic mass is 10.3. The molecule has 0 saturated heterocycles. The molecule has 1 heterocycles. The Bertz CT molecular complexity index is 346. The van der Waals surface area contributed by atoms with E-state index in [4.69, 9.17) is 0 Å². The van der Waals surface area contributed by atoms with Crippen molar-refractivity contribution in [3.8, 4) is 0 Å². The van der Waals surface area contributed by atoms with Gasteiger partial charge in [-0.05, 0) is 35.4 Å². The molecule has 0 N–H and O–H groups in total. The minimum atomic E-state index is -0.0315. The summed E-state index contributed by atoms with van der Waals surface area (Å²) >= 11 is 2.08. The van der Waals surface area contributed by atoms with E-state index in [0.717, 1.165) is 16.4 Å². The number of rotatable bonds is 4. The van der Waals surface area contributed by atoms with Crippen molar-refractivity contribution in [3.05, 3.63) is 38.8 Å². The van der Waals surface area contributed by atoms with Gasteiger partial charge >= 0.3 is 0 Å². The zero-order valence-electron chi connectivity index (χ0n) is 7.24. The Morgan fingerprint density at radius 2 is 2.46 bits per heavy atom. The van der Waals surface area contributed by atoms with Crippen molar-refractivity contribution < 1.29 is 0 Å². The monoisotopic (exact) mass is 290 g/mol. The van der Waals surface area contributed by atoms with Crippen LogP contribution in [-0.2, 0) is 6.54 Å². The van der Waals surface area contributed by atoms with Gasteiger partial charge in [-0.1, -0.05) is 6.08 Å². The molecule has 70 valence electrons. The van der Waals surface area contributed by atoms with E-state index in [1.54, 1.807) is 12.3 Å². The minimum Gasteiger partial charge on any atom is -0.268 e. The number of halogens is 1. The second kappa shape index (κ2) is 5.16. The van der Waals surface area contributed by atoms with Crippen molar-refractivity contribution in [1.29, 1.82) is 0 Å². The van der Waals surface area contributed by atoms with Crippen LogP contribution in [0.5, 0.6) is 0 Å². The Morgan fingerprint density at radius 3 is 3.08 bits per heavy atom. The van der Waals surface area contributed by atoms with E-state index in [2.05, 4.69) is 34.3 Å². The predicted molar refractivity (Wildman–Crippen MR) is 60.6 cm³/mol. The smallest absolute Gasteiger partial charge is 0.267 e. The van der Waals surface area contributed by atoms with Crippen molar-refractivity contribution in [2.24, 2.45) is 0 Å². The summed E-state index contributed by atoms with van der Waals surface area (Å²) in [5, 5.41) is 4.01. The van der Waals surface area contributed by atoms with E-state index in [-0.39, 0.29) is 5.56 Å². The largest absolute Gasteiger partial charge is 0.268 e. The summed E-state index contributed by atoms with van der Waals surface area (Å²) in [7, 11) is 0. The Kier molecular flexibility index (Phi) is 4.14. The van der Waals surface area contributed by atoms with Crippen LogP contribution >= 0.6 is 22.6 Å². The van der Waals surface area contributed by atoms with Gasteiger partial charge in [-0.15, -0.1) is 6.58 Å². The van der Waals surface area contributed by atoms with Crippen LogP contribution in [0.2, 0.25) is 0 Å². The fourth-order valence-corrected chi connectivity index (χ4v) is 1.36. The van der Waals surface area contributed by atoms with Crippen LogP contribution in [0.1, 0.15) is 12.8 Å². The lowest BCUT2D eigenvalue weighted by molar-refractivity contribution is 0.551. The average Bonchev–Trinajstić information content (AvgIpc) is 2.09. The molecule has 0 aliphatic rings. The van der Waals surface area contributed by atoms with Crippen LogP contribution in [-0.4, -0.2) is 9.78 Å². The van der Waals surface area contributed by atoms with Crippen molar-refractivity contribution in [3.63, 3.8) is 0 Å². The molecule has 0 aliphatic heterocycles. The summed E-state index contributed by atoms with van der Waals surface area (Å²) in [6.45, 7) is 4.29. The summed E-state index contributed by atoms with van der Waals surface area (Å²) in [6, 6.07) is 1.58. The number of allylic oxidation sites excluding steroid dienone is 1. The summed E-state index contributed by atoms with van der Waals surface area (Å²) in [6.07, 6.45) is 5.37. The van der Waals surface area contributed by atoms with E-state index in [1.165, 1.54) is 4.68 Å². The highest BCUT2D eigenvalue weighted by Gasteiger charge is 1.96.